The molecule has 3 nitrogen and oxygen atoms in total. The van der Waals surface area contributed by atoms with Crippen molar-refractivity contribution in [1.29, 1.82) is 0 Å². The molecule has 1 aromatic heterocycles. The van der Waals surface area contributed by atoms with Gasteiger partial charge in [-0.05, 0) is 38.0 Å². The van der Waals surface area contributed by atoms with Crippen LogP contribution in [0.15, 0.2) is 30.5 Å². The molecule has 0 spiro atoms. The maximum Gasteiger partial charge on any atom is 0.136 e. The number of anilines is 1. The number of aliphatic hydroxyl groups is 1. The van der Waals surface area contributed by atoms with Crippen LogP contribution in [0, 0.1) is 5.92 Å². The minimum Gasteiger partial charge on any atom is -0.392 e. The monoisotopic (exact) mass is 270 g/mol. The molecular weight excluding hydrogens is 248 g/mol. The van der Waals surface area contributed by atoms with Crippen molar-refractivity contribution in [3.63, 3.8) is 0 Å². The van der Waals surface area contributed by atoms with E-state index >= 15 is 0 Å². The Kier molecular flexibility index (Phi) is 3.62. The van der Waals surface area contributed by atoms with Crippen LogP contribution in [-0.2, 0) is 6.61 Å². The zero-order valence-electron chi connectivity index (χ0n) is 12.2. The van der Waals surface area contributed by atoms with Gasteiger partial charge in [0.05, 0.1) is 6.61 Å². The molecule has 1 saturated carbocycles. The van der Waals surface area contributed by atoms with Crippen molar-refractivity contribution in [3.05, 3.63) is 36.0 Å². The van der Waals surface area contributed by atoms with Crippen molar-refractivity contribution < 1.29 is 5.11 Å². The summed E-state index contributed by atoms with van der Waals surface area (Å²) in [6.45, 7) is 5.57. The van der Waals surface area contributed by atoms with Gasteiger partial charge in [-0.3, -0.25) is 0 Å². The first kappa shape index (κ1) is 13.4. The minimum atomic E-state index is 0.0398. The van der Waals surface area contributed by atoms with E-state index in [0.29, 0.717) is 6.04 Å². The number of nitrogens with zero attached hydrogens (tertiary/aromatic N) is 2. The number of rotatable bonds is 5. The van der Waals surface area contributed by atoms with Crippen molar-refractivity contribution in [3.8, 4) is 0 Å². The van der Waals surface area contributed by atoms with Crippen LogP contribution in [0.2, 0.25) is 0 Å². The number of benzene rings is 1. The Hall–Kier alpha value is -1.61. The second-order valence-corrected chi connectivity index (χ2v) is 6.00. The Balaban J connectivity index is 2.09. The van der Waals surface area contributed by atoms with Crippen molar-refractivity contribution in [1.82, 2.24) is 4.98 Å². The fraction of sp³-hybridized carbons (Fsp3) is 0.471. The highest BCUT2D eigenvalue weighted by Gasteiger charge is 2.27. The van der Waals surface area contributed by atoms with Gasteiger partial charge in [0, 0.05) is 29.7 Å². The number of pyridine rings is 1. The molecule has 1 aliphatic carbocycles. The largest absolute Gasteiger partial charge is 0.392 e. The third kappa shape index (κ3) is 2.50. The molecule has 0 bridgehead atoms. The summed E-state index contributed by atoms with van der Waals surface area (Å²) in [4.78, 5) is 7.05. The standard InChI is InChI=1S/C17H22N2O/c1-12(2)19(10-13-7-8-13)17-16-6-4-3-5-15(16)14(11-20)9-18-17/h3-6,9,12-13,20H,7-8,10-11H2,1-2H3. The van der Waals surface area contributed by atoms with Crippen LogP contribution in [0.25, 0.3) is 10.8 Å². The van der Waals surface area contributed by atoms with Gasteiger partial charge in [0.15, 0.2) is 0 Å². The molecule has 1 aliphatic rings. The topological polar surface area (TPSA) is 36.4 Å². The van der Waals surface area contributed by atoms with Crippen molar-refractivity contribution in [2.75, 3.05) is 11.4 Å². The first-order valence-corrected chi connectivity index (χ1v) is 7.45. The Morgan fingerprint density at radius 2 is 1.95 bits per heavy atom. The minimum absolute atomic E-state index is 0.0398. The molecule has 2 aromatic rings. The molecule has 0 aliphatic heterocycles. The fourth-order valence-electron chi connectivity index (χ4n) is 2.71. The van der Waals surface area contributed by atoms with Crippen molar-refractivity contribution in [2.24, 2.45) is 5.92 Å². The molecule has 0 amide bonds. The lowest BCUT2D eigenvalue weighted by Gasteiger charge is -2.29. The average molecular weight is 270 g/mol. The lowest BCUT2D eigenvalue weighted by molar-refractivity contribution is 0.283. The molecule has 1 N–H and O–H groups in total. The van der Waals surface area contributed by atoms with Crippen LogP contribution in [0.4, 0.5) is 5.82 Å². The summed E-state index contributed by atoms with van der Waals surface area (Å²) in [7, 11) is 0. The van der Waals surface area contributed by atoms with Crippen molar-refractivity contribution >= 4 is 16.6 Å². The summed E-state index contributed by atoms with van der Waals surface area (Å²) >= 11 is 0. The van der Waals surface area contributed by atoms with Crippen LogP contribution in [0.3, 0.4) is 0 Å². The maximum atomic E-state index is 9.48. The molecule has 3 rings (SSSR count). The van der Waals surface area contributed by atoms with E-state index in [0.717, 1.165) is 34.6 Å². The van der Waals surface area contributed by atoms with E-state index in [2.05, 4.69) is 35.9 Å². The highest BCUT2D eigenvalue weighted by Crippen LogP contribution is 2.34. The lowest BCUT2D eigenvalue weighted by atomic mass is 10.1. The molecule has 1 heterocycles. The van der Waals surface area contributed by atoms with Gasteiger partial charge in [-0.1, -0.05) is 24.3 Å². The second kappa shape index (κ2) is 5.41. The molecule has 0 radical (unpaired) electrons. The van der Waals surface area contributed by atoms with E-state index in [1.165, 1.54) is 12.8 Å². The van der Waals surface area contributed by atoms with Crippen LogP contribution in [-0.4, -0.2) is 22.7 Å². The maximum absolute atomic E-state index is 9.48. The summed E-state index contributed by atoms with van der Waals surface area (Å²) < 4.78 is 0. The first-order valence-electron chi connectivity index (χ1n) is 7.45. The van der Waals surface area contributed by atoms with Gasteiger partial charge < -0.3 is 10.0 Å². The highest BCUT2D eigenvalue weighted by molar-refractivity contribution is 5.94. The number of aromatic nitrogens is 1. The van der Waals surface area contributed by atoms with Gasteiger partial charge in [0.25, 0.3) is 0 Å². The van der Waals surface area contributed by atoms with Crippen LogP contribution in [0.1, 0.15) is 32.3 Å². The van der Waals surface area contributed by atoms with Gasteiger partial charge in [-0.2, -0.15) is 0 Å². The van der Waals surface area contributed by atoms with Gasteiger partial charge in [0.2, 0.25) is 0 Å². The number of hydrogen-bond acceptors (Lipinski definition) is 3. The van der Waals surface area contributed by atoms with E-state index in [4.69, 9.17) is 0 Å². The molecule has 1 fully saturated rings. The summed E-state index contributed by atoms with van der Waals surface area (Å²) in [5, 5.41) is 11.7. The molecular formula is C17H22N2O. The van der Waals surface area contributed by atoms with Gasteiger partial charge in [-0.25, -0.2) is 4.98 Å². The Bertz CT molecular complexity index is 605. The Labute approximate surface area is 120 Å². The molecule has 106 valence electrons. The predicted octanol–water partition coefficient (Wildman–Crippen LogP) is 3.35. The zero-order chi connectivity index (χ0) is 14.1. The smallest absolute Gasteiger partial charge is 0.136 e. The predicted molar refractivity (Wildman–Crippen MR) is 82.9 cm³/mol. The van der Waals surface area contributed by atoms with Gasteiger partial charge >= 0.3 is 0 Å². The van der Waals surface area contributed by atoms with Crippen LogP contribution >= 0.6 is 0 Å². The Morgan fingerprint density at radius 1 is 1.25 bits per heavy atom. The SMILES string of the molecule is CC(C)N(CC1CC1)c1ncc(CO)c2ccccc12. The fourth-order valence-corrected chi connectivity index (χ4v) is 2.71. The molecule has 0 unspecified atom stereocenters. The first-order chi connectivity index (χ1) is 9.70. The van der Waals surface area contributed by atoms with E-state index in [1.807, 2.05) is 18.3 Å². The van der Waals surface area contributed by atoms with Gasteiger partial charge in [0.1, 0.15) is 5.82 Å². The lowest BCUT2D eigenvalue weighted by Crippen LogP contribution is -2.33. The zero-order valence-corrected chi connectivity index (χ0v) is 12.2. The van der Waals surface area contributed by atoms with Crippen molar-refractivity contribution in [2.45, 2.75) is 39.3 Å². The average Bonchev–Trinajstić information content (AvgIpc) is 3.27. The number of fused-ring (bicyclic) bond motifs is 1. The summed E-state index contributed by atoms with van der Waals surface area (Å²) in [5.74, 6) is 1.88. The third-order valence-corrected chi connectivity index (χ3v) is 4.07. The van der Waals surface area contributed by atoms with E-state index in [9.17, 15) is 5.11 Å². The molecule has 20 heavy (non-hydrogen) atoms. The van der Waals surface area contributed by atoms with Crippen LogP contribution in [0.5, 0.6) is 0 Å². The summed E-state index contributed by atoms with van der Waals surface area (Å²) in [5.41, 5.74) is 0.902. The van der Waals surface area contributed by atoms with E-state index in [1.54, 1.807) is 0 Å². The second-order valence-electron chi connectivity index (χ2n) is 6.00. The van der Waals surface area contributed by atoms with Gasteiger partial charge in [-0.15, -0.1) is 0 Å². The molecule has 0 saturated heterocycles. The van der Waals surface area contributed by atoms with Crippen LogP contribution < -0.4 is 4.90 Å². The number of aliphatic hydroxyl groups excluding tert-OH is 1. The van der Waals surface area contributed by atoms with E-state index < -0.39 is 0 Å². The summed E-state index contributed by atoms with van der Waals surface area (Å²) in [6, 6.07) is 8.68. The third-order valence-electron chi connectivity index (χ3n) is 4.07. The highest BCUT2D eigenvalue weighted by atomic mass is 16.3. The van der Waals surface area contributed by atoms with E-state index in [-0.39, 0.29) is 6.61 Å². The molecule has 1 aromatic carbocycles. The summed E-state index contributed by atoms with van der Waals surface area (Å²) in [6.07, 6.45) is 4.51. The molecule has 3 heteroatoms. The molecule has 0 atom stereocenters. The quantitative estimate of drug-likeness (QED) is 0.905. The normalized spacial score (nSPS) is 15.0. The number of hydrogen-bond donors (Lipinski definition) is 1. The Morgan fingerprint density at radius 3 is 2.55 bits per heavy atom.